The molecule has 40 heavy (non-hydrogen) atoms. The van der Waals surface area contributed by atoms with Crippen molar-refractivity contribution in [1.29, 1.82) is 0 Å². The van der Waals surface area contributed by atoms with Gasteiger partial charge in [0.1, 0.15) is 16.4 Å². The molecular formula is C28H29FN6O4S. The highest BCUT2D eigenvalue weighted by Crippen LogP contribution is 2.34. The zero-order chi connectivity index (χ0) is 28.1. The van der Waals surface area contributed by atoms with Crippen LogP contribution >= 0.6 is 0 Å². The number of ether oxygens (including phenoxy) is 2. The van der Waals surface area contributed by atoms with E-state index in [9.17, 15) is 8.42 Å². The number of nitrogens with two attached hydrogens (primary N) is 1. The number of halogens is 1. The molecule has 0 spiro atoms. The minimum absolute atomic E-state index is 0.0286. The van der Waals surface area contributed by atoms with Crippen LogP contribution in [0.3, 0.4) is 0 Å². The molecule has 0 amide bonds. The van der Waals surface area contributed by atoms with E-state index in [0.717, 1.165) is 31.7 Å². The van der Waals surface area contributed by atoms with Crippen LogP contribution in [0, 0.1) is 5.82 Å². The predicted molar refractivity (Wildman–Crippen MR) is 149 cm³/mol. The number of nitrogens with zero attached hydrogens (tertiary/aromatic N) is 3. The van der Waals surface area contributed by atoms with E-state index in [0.29, 0.717) is 23.0 Å². The Hall–Kier alpha value is -4.29. The van der Waals surface area contributed by atoms with E-state index in [2.05, 4.69) is 25.0 Å². The Bertz CT molecular complexity index is 1600. The number of benzene rings is 2. The molecule has 1 aliphatic rings. The summed E-state index contributed by atoms with van der Waals surface area (Å²) in [6.07, 6.45) is 8.53. The average molecular weight is 565 g/mol. The molecule has 1 saturated carbocycles. The van der Waals surface area contributed by atoms with Gasteiger partial charge in [-0.1, -0.05) is 12.1 Å². The van der Waals surface area contributed by atoms with Crippen LogP contribution in [0.1, 0.15) is 25.7 Å². The van der Waals surface area contributed by atoms with Crippen molar-refractivity contribution in [2.45, 2.75) is 42.7 Å². The topological polar surface area (TPSA) is 141 Å². The summed E-state index contributed by atoms with van der Waals surface area (Å²) in [5.41, 5.74) is 7.13. The SMILES string of the molecule is COc1ccccc1S(=O)(=O)Nc1ccc(Oc2ccncc2-c2ccnc(NC3CCC(N)CC3)n2)c(F)c1. The number of aromatic nitrogens is 3. The number of methoxy groups -OCH3 is 1. The van der Waals surface area contributed by atoms with Gasteiger partial charge in [0, 0.05) is 36.7 Å². The van der Waals surface area contributed by atoms with E-state index in [1.165, 1.54) is 37.6 Å². The highest BCUT2D eigenvalue weighted by Gasteiger charge is 2.21. The van der Waals surface area contributed by atoms with Gasteiger partial charge in [-0.15, -0.1) is 0 Å². The third-order valence-electron chi connectivity index (χ3n) is 6.58. The van der Waals surface area contributed by atoms with Gasteiger partial charge in [0.05, 0.1) is 24.1 Å². The quantitative estimate of drug-likeness (QED) is 0.257. The van der Waals surface area contributed by atoms with E-state index in [1.54, 1.807) is 36.7 Å². The van der Waals surface area contributed by atoms with Crippen molar-refractivity contribution >= 4 is 21.7 Å². The molecule has 5 rings (SSSR count). The maximum atomic E-state index is 15.1. The van der Waals surface area contributed by atoms with Crippen LogP contribution in [-0.4, -0.2) is 42.6 Å². The van der Waals surface area contributed by atoms with Gasteiger partial charge in [0.2, 0.25) is 5.95 Å². The van der Waals surface area contributed by atoms with Crippen molar-refractivity contribution in [1.82, 2.24) is 15.0 Å². The first-order valence-electron chi connectivity index (χ1n) is 12.7. The number of hydrogen-bond donors (Lipinski definition) is 3. The summed E-state index contributed by atoms with van der Waals surface area (Å²) in [5.74, 6) is 0.115. The molecular weight excluding hydrogens is 535 g/mol. The van der Waals surface area contributed by atoms with Crippen molar-refractivity contribution in [3.63, 3.8) is 0 Å². The van der Waals surface area contributed by atoms with Crippen LogP contribution in [-0.2, 0) is 10.0 Å². The van der Waals surface area contributed by atoms with Crippen LogP contribution < -0.4 is 25.2 Å². The number of anilines is 2. The first-order valence-corrected chi connectivity index (χ1v) is 14.2. The fraction of sp³-hybridized carbons (Fsp3) is 0.250. The lowest BCUT2D eigenvalue weighted by molar-refractivity contribution is 0.403. The maximum absolute atomic E-state index is 15.1. The summed E-state index contributed by atoms with van der Waals surface area (Å²) >= 11 is 0. The number of sulfonamides is 1. The highest BCUT2D eigenvalue weighted by atomic mass is 32.2. The first-order chi connectivity index (χ1) is 19.3. The second-order valence-electron chi connectivity index (χ2n) is 9.40. The van der Waals surface area contributed by atoms with Crippen molar-refractivity contribution in [2.24, 2.45) is 5.73 Å². The molecule has 4 aromatic rings. The predicted octanol–water partition coefficient (Wildman–Crippen LogP) is 4.96. The smallest absolute Gasteiger partial charge is 0.265 e. The summed E-state index contributed by atoms with van der Waals surface area (Å²) in [7, 11) is -2.65. The fourth-order valence-corrected chi connectivity index (χ4v) is 5.73. The highest BCUT2D eigenvalue weighted by molar-refractivity contribution is 7.92. The zero-order valence-electron chi connectivity index (χ0n) is 21.7. The van der Waals surface area contributed by atoms with E-state index in [-0.39, 0.29) is 34.2 Å². The van der Waals surface area contributed by atoms with Crippen LogP contribution in [0.15, 0.2) is 78.1 Å². The second-order valence-corrected chi connectivity index (χ2v) is 11.0. The van der Waals surface area contributed by atoms with Gasteiger partial charge in [-0.25, -0.2) is 22.8 Å². The van der Waals surface area contributed by atoms with Crippen LogP contribution in [0.4, 0.5) is 16.0 Å². The molecule has 0 bridgehead atoms. The molecule has 0 aliphatic heterocycles. The Morgan fingerprint density at radius 1 is 0.975 bits per heavy atom. The molecule has 0 radical (unpaired) electrons. The lowest BCUT2D eigenvalue weighted by Gasteiger charge is -2.26. The number of hydrogen-bond acceptors (Lipinski definition) is 9. The molecule has 1 aliphatic carbocycles. The second kappa shape index (κ2) is 11.8. The minimum Gasteiger partial charge on any atom is -0.495 e. The minimum atomic E-state index is -4.02. The van der Waals surface area contributed by atoms with Crippen molar-refractivity contribution < 1.29 is 22.3 Å². The summed E-state index contributed by atoms with van der Waals surface area (Å²) in [5, 5.41) is 3.37. The average Bonchev–Trinajstić information content (AvgIpc) is 2.96. The third-order valence-corrected chi connectivity index (χ3v) is 8.00. The molecule has 0 atom stereocenters. The van der Waals surface area contributed by atoms with Gasteiger partial charge in [-0.3, -0.25) is 9.71 Å². The number of nitrogens with one attached hydrogen (secondary N) is 2. The molecule has 2 aromatic heterocycles. The molecule has 2 aromatic carbocycles. The van der Waals surface area contributed by atoms with Gasteiger partial charge >= 0.3 is 0 Å². The van der Waals surface area contributed by atoms with Crippen molar-refractivity contribution in [2.75, 3.05) is 17.1 Å². The lowest BCUT2D eigenvalue weighted by Crippen LogP contribution is -2.33. The van der Waals surface area contributed by atoms with E-state index < -0.39 is 15.8 Å². The maximum Gasteiger partial charge on any atom is 0.265 e. The largest absolute Gasteiger partial charge is 0.495 e. The normalized spacial score (nSPS) is 17.2. The Morgan fingerprint density at radius 3 is 2.55 bits per heavy atom. The Morgan fingerprint density at radius 2 is 1.77 bits per heavy atom. The molecule has 1 fully saturated rings. The lowest BCUT2D eigenvalue weighted by atomic mass is 9.92. The summed E-state index contributed by atoms with van der Waals surface area (Å²) < 4.78 is 54.2. The monoisotopic (exact) mass is 564 g/mol. The van der Waals surface area contributed by atoms with Crippen LogP contribution in [0.5, 0.6) is 17.2 Å². The molecule has 10 nitrogen and oxygen atoms in total. The first kappa shape index (κ1) is 27.3. The zero-order valence-corrected chi connectivity index (χ0v) is 22.6. The molecule has 12 heteroatoms. The molecule has 0 unspecified atom stereocenters. The molecule has 0 saturated heterocycles. The molecule has 208 valence electrons. The van der Waals surface area contributed by atoms with Gasteiger partial charge in [0.25, 0.3) is 10.0 Å². The Labute approximate surface area is 231 Å². The van der Waals surface area contributed by atoms with Gasteiger partial charge in [0.15, 0.2) is 11.6 Å². The van der Waals surface area contributed by atoms with E-state index >= 15 is 4.39 Å². The number of para-hydroxylation sites is 1. The summed E-state index contributed by atoms with van der Waals surface area (Å²) in [6.45, 7) is 0. The summed E-state index contributed by atoms with van der Waals surface area (Å²) in [4.78, 5) is 13.1. The van der Waals surface area contributed by atoms with Gasteiger partial charge in [-0.2, -0.15) is 0 Å². The standard InChI is InChI=1S/C28H29FN6O4S/c1-38-26-4-2-3-5-27(26)40(36,37)35-20-10-11-25(22(29)16-20)39-24-13-14-31-17-21(24)23-12-15-32-28(34-23)33-19-8-6-18(30)7-9-19/h2-5,10-19,35H,6-9,30H2,1H3,(H,32,33,34). The van der Waals surface area contributed by atoms with Crippen LogP contribution in [0.25, 0.3) is 11.3 Å². The van der Waals surface area contributed by atoms with E-state index in [4.69, 9.17) is 15.2 Å². The summed E-state index contributed by atoms with van der Waals surface area (Å²) in [6, 6.07) is 13.8. The third kappa shape index (κ3) is 6.29. The van der Waals surface area contributed by atoms with Crippen molar-refractivity contribution in [3.8, 4) is 28.5 Å². The Kier molecular flexibility index (Phi) is 8.08. The number of rotatable bonds is 9. The number of pyridine rings is 1. The van der Waals surface area contributed by atoms with Crippen LogP contribution in [0.2, 0.25) is 0 Å². The van der Waals surface area contributed by atoms with Gasteiger partial charge < -0.3 is 20.5 Å². The molecule has 2 heterocycles. The molecule has 4 N–H and O–H groups in total. The van der Waals surface area contributed by atoms with E-state index in [1.807, 2.05) is 0 Å². The van der Waals surface area contributed by atoms with Gasteiger partial charge in [-0.05, 0) is 62.1 Å². The Balaban J connectivity index is 1.34. The van der Waals surface area contributed by atoms with Crippen molar-refractivity contribution in [3.05, 3.63) is 79.0 Å². The fourth-order valence-electron chi connectivity index (χ4n) is 4.50.